The van der Waals surface area contributed by atoms with Crippen LogP contribution in [-0.4, -0.2) is 36.5 Å². The van der Waals surface area contributed by atoms with E-state index in [-0.39, 0.29) is 18.4 Å². The van der Waals surface area contributed by atoms with Gasteiger partial charge in [-0.3, -0.25) is 9.48 Å². The Hall–Kier alpha value is -3.22. The van der Waals surface area contributed by atoms with Gasteiger partial charge in [-0.15, -0.1) is 0 Å². The highest BCUT2D eigenvalue weighted by molar-refractivity contribution is 5.78. The number of nitrogens with zero attached hydrogens (tertiary/aromatic N) is 2. The van der Waals surface area contributed by atoms with E-state index >= 15 is 0 Å². The lowest BCUT2D eigenvalue weighted by molar-refractivity contribution is -0.120. The summed E-state index contributed by atoms with van der Waals surface area (Å²) in [7, 11) is 3.15. The minimum atomic E-state index is -0.200. The minimum absolute atomic E-state index is 0.0964. The molecule has 136 valence electrons. The monoisotopic (exact) mass is 355 g/mol. The smallest absolute Gasteiger partial charge is 0.224 e. The van der Waals surface area contributed by atoms with Gasteiger partial charge in [-0.2, -0.15) is 5.10 Å². The third-order valence-electron chi connectivity index (χ3n) is 4.02. The predicted molar refractivity (Wildman–Crippen MR) is 95.3 cm³/mol. The van der Waals surface area contributed by atoms with E-state index in [2.05, 4.69) is 10.4 Å². The molecule has 7 heteroatoms. The van der Waals surface area contributed by atoms with Crippen LogP contribution in [-0.2, 0) is 11.2 Å². The second-order valence-corrected chi connectivity index (χ2v) is 5.69. The highest BCUT2D eigenvalue weighted by Crippen LogP contribution is 2.27. The van der Waals surface area contributed by atoms with Crippen LogP contribution < -0.4 is 14.8 Å². The summed E-state index contributed by atoms with van der Waals surface area (Å²) in [6.07, 6.45) is 5.39. The molecule has 0 aliphatic carbocycles. The van der Waals surface area contributed by atoms with Gasteiger partial charge in [0.05, 0.1) is 26.9 Å². The topological polar surface area (TPSA) is 78.5 Å². The summed E-state index contributed by atoms with van der Waals surface area (Å²) < 4.78 is 17.7. The van der Waals surface area contributed by atoms with Crippen LogP contribution in [0.4, 0.5) is 0 Å². The second-order valence-electron chi connectivity index (χ2n) is 5.69. The fourth-order valence-electron chi connectivity index (χ4n) is 2.72. The lowest BCUT2D eigenvalue weighted by atomic mass is 10.1. The highest BCUT2D eigenvalue weighted by Gasteiger charge is 2.18. The normalized spacial score (nSPS) is 11.8. The van der Waals surface area contributed by atoms with Crippen molar-refractivity contribution in [3.8, 4) is 11.5 Å². The first-order valence-corrected chi connectivity index (χ1v) is 8.21. The number of furan rings is 1. The number of ether oxygens (including phenoxy) is 2. The van der Waals surface area contributed by atoms with Gasteiger partial charge in [0.1, 0.15) is 11.8 Å². The van der Waals surface area contributed by atoms with E-state index < -0.39 is 0 Å². The summed E-state index contributed by atoms with van der Waals surface area (Å²) in [5, 5.41) is 7.19. The Morgan fingerprint density at radius 3 is 2.73 bits per heavy atom. The van der Waals surface area contributed by atoms with Crippen molar-refractivity contribution < 1.29 is 18.7 Å². The van der Waals surface area contributed by atoms with E-state index in [9.17, 15) is 4.79 Å². The van der Waals surface area contributed by atoms with Crippen LogP contribution in [0.3, 0.4) is 0 Å². The Morgan fingerprint density at radius 1 is 1.23 bits per heavy atom. The van der Waals surface area contributed by atoms with Crippen LogP contribution >= 0.6 is 0 Å². The molecule has 1 unspecified atom stereocenters. The number of aromatic nitrogens is 2. The van der Waals surface area contributed by atoms with Crippen LogP contribution in [0.5, 0.6) is 11.5 Å². The fourth-order valence-corrected chi connectivity index (χ4v) is 2.72. The molecule has 1 aromatic carbocycles. The Labute approximate surface area is 151 Å². The molecule has 3 rings (SSSR count). The molecule has 26 heavy (non-hydrogen) atoms. The van der Waals surface area contributed by atoms with Gasteiger partial charge >= 0.3 is 0 Å². The molecule has 0 spiro atoms. The molecule has 2 aromatic heterocycles. The highest BCUT2D eigenvalue weighted by atomic mass is 16.5. The van der Waals surface area contributed by atoms with Gasteiger partial charge in [-0.1, -0.05) is 6.07 Å². The number of hydrogen-bond donors (Lipinski definition) is 1. The summed E-state index contributed by atoms with van der Waals surface area (Å²) >= 11 is 0. The summed E-state index contributed by atoms with van der Waals surface area (Å²) in [6.45, 7) is 0.376. The van der Waals surface area contributed by atoms with Crippen LogP contribution in [0.1, 0.15) is 17.4 Å². The Balaban J connectivity index is 1.64. The van der Waals surface area contributed by atoms with E-state index in [0.29, 0.717) is 18.0 Å². The van der Waals surface area contributed by atoms with E-state index in [1.807, 2.05) is 30.5 Å². The summed E-state index contributed by atoms with van der Waals surface area (Å²) in [5.74, 6) is 1.87. The van der Waals surface area contributed by atoms with Crippen molar-refractivity contribution >= 4 is 5.91 Å². The molecular formula is C19H21N3O4. The van der Waals surface area contributed by atoms with Crippen molar-refractivity contribution in [2.75, 3.05) is 20.8 Å². The van der Waals surface area contributed by atoms with Crippen molar-refractivity contribution in [1.82, 2.24) is 15.1 Å². The number of carbonyl (C=O) groups is 1. The lowest BCUT2D eigenvalue weighted by Gasteiger charge is -2.16. The average molecular weight is 355 g/mol. The number of carbonyl (C=O) groups excluding carboxylic acids is 1. The molecule has 1 amide bonds. The maximum absolute atomic E-state index is 12.4. The number of hydrogen-bond acceptors (Lipinski definition) is 5. The summed E-state index contributed by atoms with van der Waals surface area (Å²) in [4.78, 5) is 12.4. The number of nitrogens with one attached hydrogen (secondary N) is 1. The molecule has 7 nitrogen and oxygen atoms in total. The maximum Gasteiger partial charge on any atom is 0.224 e. The Kier molecular flexibility index (Phi) is 5.58. The third-order valence-corrected chi connectivity index (χ3v) is 4.02. The van der Waals surface area contributed by atoms with Gasteiger partial charge in [0.25, 0.3) is 0 Å². The first-order chi connectivity index (χ1) is 12.7. The van der Waals surface area contributed by atoms with Gasteiger partial charge in [0.15, 0.2) is 11.5 Å². The van der Waals surface area contributed by atoms with Gasteiger partial charge in [0, 0.05) is 18.9 Å². The van der Waals surface area contributed by atoms with Crippen molar-refractivity contribution in [3.63, 3.8) is 0 Å². The van der Waals surface area contributed by atoms with E-state index in [0.717, 1.165) is 11.3 Å². The molecular weight excluding hydrogens is 334 g/mol. The molecule has 2 heterocycles. The minimum Gasteiger partial charge on any atom is -0.493 e. The summed E-state index contributed by atoms with van der Waals surface area (Å²) in [5.41, 5.74) is 0.841. The largest absolute Gasteiger partial charge is 0.493 e. The molecule has 1 atom stereocenters. The van der Waals surface area contributed by atoms with Gasteiger partial charge in [-0.05, 0) is 35.9 Å². The number of rotatable bonds is 8. The first kappa shape index (κ1) is 17.6. The SMILES string of the molecule is COc1ccc(CC(=O)NCC(c2ccco2)n2cccn2)cc1OC. The average Bonchev–Trinajstić information content (AvgIpc) is 3.36. The molecule has 3 aromatic rings. The molecule has 0 fully saturated rings. The van der Waals surface area contributed by atoms with E-state index in [1.165, 1.54) is 0 Å². The Bertz CT molecular complexity index is 794. The van der Waals surface area contributed by atoms with Gasteiger partial charge < -0.3 is 19.2 Å². The molecule has 0 bridgehead atoms. The first-order valence-electron chi connectivity index (χ1n) is 8.21. The number of amides is 1. The number of methoxy groups -OCH3 is 2. The van der Waals surface area contributed by atoms with Crippen molar-refractivity contribution in [2.24, 2.45) is 0 Å². The lowest BCUT2D eigenvalue weighted by Crippen LogP contribution is -2.32. The molecule has 0 aliphatic heterocycles. The van der Waals surface area contributed by atoms with Crippen molar-refractivity contribution in [1.29, 1.82) is 0 Å². The van der Waals surface area contributed by atoms with Crippen LogP contribution in [0.15, 0.2) is 59.5 Å². The maximum atomic E-state index is 12.4. The zero-order valence-electron chi connectivity index (χ0n) is 14.7. The molecule has 0 aliphatic rings. The zero-order valence-corrected chi connectivity index (χ0v) is 14.7. The Morgan fingerprint density at radius 2 is 2.08 bits per heavy atom. The van der Waals surface area contributed by atoms with E-state index in [4.69, 9.17) is 13.9 Å². The third kappa shape index (κ3) is 4.05. The fraction of sp³-hybridized carbons (Fsp3) is 0.263. The summed E-state index contributed by atoms with van der Waals surface area (Å²) in [6, 6.07) is 10.8. The molecule has 0 saturated heterocycles. The number of benzene rings is 1. The molecule has 0 radical (unpaired) electrons. The standard InChI is InChI=1S/C19H21N3O4/c1-24-17-7-6-14(11-18(17)25-2)12-19(23)20-13-15(16-5-3-10-26-16)22-9-4-8-21-22/h3-11,15H,12-13H2,1-2H3,(H,20,23). The van der Waals surface area contributed by atoms with Crippen LogP contribution in [0, 0.1) is 0 Å². The molecule has 1 N–H and O–H groups in total. The van der Waals surface area contributed by atoms with Crippen LogP contribution in [0.25, 0.3) is 0 Å². The second kappa shape index (κ2) is 8.24. The zero-order chi connectivity index (χ0) is 18.4. The predicted octanol–water partition coefficient (Wildman–Crippen LogP) is 2.44. The van der Waals surface area contributed by atoms with Crippen molar-refractivity contribution in [2.45, 2.75) is 12.5 Å². The van der Waals surface area contributed by atoms with E-state index in [1.54, 1.807) is 43.5 Å². The van der Waals surface area contributed by atoms with Crippen LogP contribution in [0.2, 0.25) is 0 Å². The van der Waals surface area contributed by atoms with Gasteiger partial charge in [0.2, 0.25) is 5.91 Å². The quantitative estimate of drug-likeness (QED) is 0.671. The van der Waals surface area contributed by atoms with Crippen molar-refractivity contribution in [3.05, 3.63) is 66.4 Å². The molecule has 0 saturated carbocycles. The van der Waals surface area contributed by atoms with Gasteiger partial charge in [-0.25, -0.2) is 0 Å².